The van der Waals surface area contributed by atoms with Crippen LogP contribution in [0, 0.1) is 0 Å². The average molecular weight is 332 g/mol. The molecule has 1 aliphatic carbocycles. The summed E-state index contributed by atoms with van der Waals surface area (Å²) in [4.78, 5) is 14.9. The Hall–Kier alpha value is -1.99. The van der Waals surface area contributed by atoms with Crippen LogP contribution >= 0.6 is 0 Å². The Morgan fingerprint density at radius 3 is 2.35 bits per heavy atom. The van der Waals surface area contributed by atoms with Crippen LogP contribution in [0.2, 0.25) is 0 Å². The average Bonchev–Trinajstić information content (AvgIpc) is 2.33. The van der Waals surface area contributed by atoms with Crippen LogP contribution in [-0.2, 0) is 10.9 Å². The highest BCUT2D eigenvalue weighted by molar-refractivity contribution is 5.68. The molecule has 8 heteroatoms. The smallest absolute Gasteiger partial charge is 0.433 e. The molecule has 1 aromatic rings. The minimum absolute atomic E-state index is 0.194. The van der Waals surface area contributed by atoms with Gasteiger partial charge in [-0.3, -0.25) is 0 Å². The number of pyridine rings is 1. The lowest BCUT2D eigenvalue weighted by Gasteiger charge is -2.35. The molecule has 1 saturated carbocycles. The Kier molecular flexibility index (Phi) is 4.72. The molecular weight excluding hydrogens is 313 g/mol. The summed E-state index contributed by atoms with van der Waals surface area (Å²) in [5.74, 6) is 0.264. The normalized spacial score (nSPS) is 21.3. The molecule has 0 radical (unpaired) electrons. The van der Waals surface area contributed by atoms with E-state index in [2.05, 4.69) is 10.3 Å². The highest BCUT2D eigenvalue weighted by atomic mass is 19.4. The number of amides is 1. The third-order valence-corrected chi connectivity index (χ3v) is 3.13. The first-order chi connectivity index (χ1) is 10.5. The minimum atomic E-state index is -4.46. The van der Waals surface area contributed by atoms with E-state index in [1.807, 2.05) is 20.8 Å². The lowest BCUT2D eigenvalue weighted by atomic mass is 9.92. The molecule has 0 aliphatic heterocycles. The summed E-state index contributed by atoms with van der Waals surface area (Å²) >= 11 is 0. The van der Waals surface area contributed by atoms with Crippen molar-refractivity contribution in [1.29, 1.82) is 0 Å². The minimum Gasteiger partial charge on any atom is -0.489 e. The predicted molar refractivity (Wildman–Crippen MR) is 76.0 cm³/mol. The van der Waals surface area contributed by atoms with Crippen LogP contribution in [0.25, 0.3) is 0 Å². The lowest BCUT2D eigenvalue weighted by Crippen LogP contribution is -2.46. The zero-order valence-electron chi connectivity index (χ0n) is 13.1. The molecule has 1 aromatic heterocycles. The molecule has 5 nitrogen and oxygen atoms in total. The molecule has 1 N–H and O–H groups in total. The van der Waals surface area contributed by atoms with Crippen LogP contribution in [0.1, 0.15) is 39.3 Å². The molecule has 1 aliphatic rings. The number of carbonyl (C=O) groups excluding carboxylic acids is 1. The first-order valence-electron chi connectivity index (χ1n) is 7.21. The summed E-state index contributed by atoms with van der Waals surface area (Å²) in [6, 6.07) is 2.11. The number of hydrogen-bond donors (Lipinski definition) is 1. The van der Waals surface area contributed by atoms with Crippen LogP contribution in [-0.4, -0.2) is 28.8 Å². The zero-order chi connectivity index (χ0) is 17.3. The number of hydrogen-bond acceptors (Lipinski definition) is 4. The fourth-order valence-electron chi connectivity index (χ4n) is 2.01. The third kappa shape index (κ3) is 5.30. The monoisotopic (exact) mass is 332 g/mol. The van der Waals surface area contributed by atoms with E-state index < -0.39 is 18.0 Å². The molecule has 23 heavy (non-hydrogen) atoms. The van der Waals surface area contributed by atoms with Crippen molar-refractivity contribution in [2.24, 2.45) is 0 Å². The van der Waals surface area contributed by atoms with Crippen LogP contribution in [0.5, 0.6) is 5.75 Å². The summed E-state index contributed by atoms with van der Waals surface area (Å²) in [7, 11) is 0. The molecular formula is C15H19F3N2O3. The van der Waals surface area contributed by atoms with E-state index in [1.54, 1.807) is 0 Å². The largest absolute Gasteiger partial charge is 0.489 e. The van der Waals surface area contributed by atoms with E-state index in [-0.39, 0.29) is 23.5 Å². The highest BCUT2D eigenvalue weighted by Crippen LogP contribution is 2.31. The number of nitrogens with zero attached hydrogens (tertiary/aromatic N) is 1. The van der Waals surface area contributed by atoms with Crippen molar-refractivity contribution >= 4 is 6.09 Å². The number of ether oxygens (including phenoxy) is 2. The summed E-state index contributed by atoms with van der Waals surface area (Å²) < 4.78 is 47.9. The Labute approximate surface area is 132 Å². The van der Waals surface area contributed by atoms with Crippen LogP contribution < -0.4 is 10.1 Å². The van der Waals surface area contributed by atoms with Crippen LogP contribution in [0.15, 0.2) is 18.3 Å². The quantitative estimate of drug-likeness (QED) is 0.920. The predicted octanol–water partition coefficient (Wildman–Crippen LogP) is 3.53. The van der Waals surface area contributed by atoms with Gasteiger partial charge in [-0.15, -0.1) is 0 Å². The van der Waals surface area contributed by atoms with Gasteiger partial charge in [-0.25, -0.2) is 9.78 Å². The van der Waals surface area contributed by atoms with Gasteiger partial charge in [-0.05, 0) is 32.9 Å². The Morgan fingerprint density at radius 2 is 1.87 bits per heavy atom. The van der Waals surface area contributed by atoms with Crippen molar-refractivity contribution in [3.05, 3.63) is 24.0 Å². The SMILES string of the molecule is CC(C)(C)NC(=O)OC1CC(Oc2ccc(C(F)(F)F)nc2)C1. The van der Waals surface area contributed by atoms with Gasteiger partial charge in [-0.1, -0.05) is 0 Å². The van der Waals surface area contributed by atoms with E-state index in [0.29, 0.717) is 12.8 Å². The maximum Gasteiger partial charge on any atom is 0.433 e. The number of alkyl carbamates (subject to hydrolysis) is 1. The van der Waals surface area contributed by atoms with Gasteiger partial charge in [0.25, 0.3) is 0 Å². The second-order valence-electron chi connectivity index (χ2n) is 6.49. The molecule has 0 unspecified atom stereocenters. The highest BCUT2D eigenvalue weighted by Gasteiger charge is 2.35. The van der Waals surface area contributed by atoms with Gasteiger partial charge in [0, 0.05) is 18.4 Å². The van der Waals surface area contributed by atoms with E-state index in [1.165, 1.54) is 6.07 Å². The molecule has 0 saturated heterocycles. The second kappa shape index (κ2) is 6.25. The molecule has 0 atom stereocenters. The number of halogens is 3. The Balaban J connectivity index is 1.75. The summed E-state index contributed by atoms with van der Waals surface area (Å²) in [6.45, 7) is 5.54. The van der Waals surface area contributed by atoms with Crippen LogP contribution in [0.3, 0.4) is 0 Å². The van der Waals surface area contributed by atoms with Gasteiger partial charge in [0.15, 0.2) is 0 Å². The van der Waals surface area contributed by atoms with Crippen molar-refractivity contribution in [1.82, 2.24) is 10.3 Å². The molecule has 0 bridgehead atoms. The van der Waals surface area contributed by atoms with E-state index in [9.17, 15) is 18.0 Å². The van der Waals surface area contributed by atoms with E-state index >= 15 is 0 Å². The van der Waals surface area contributed by atoms with Gasteiger partial charge in [0.1, 0.15) is 23.7 Å². The number of alkyl halides is 3. The standard InChI is InChI=1S/C15H19F3N2O3/c1-14(2,3)20-13(21)23-11-6-10(7-11)22-9-4-5-12(19-8-9)15(16,17)18/h4-5,8,10-11H,6-7H2,1-3H3,(H,20,21). The summed E-state index contributed by atoms with van der Waals surface area (Å²) in [6.07, 6.45) is -3.35. The maximum atomic E-state index is 12.4. The van der Waals surface area contributed by atoms with Gasteiger partial charge >= 0.3 is 12.3 Å². The van der Waals surface area contributed by atoms with Gasteiger partial charge in [0.2, 0.25) is 0 Å². The maximum absolute atomic E-state index is 12.4. The fourth-order valence-corrected chi connectivity index (χ4v) is 2.01. The van der Waals surface area contributed by atoms with E-state index in [4.69, 9.17) is 9.47 Å². The second-order valence-corrected chi connectivity index (χ2v) is 6.49. The van der Waals surface area contributed by atoms with Crippen molar-refractivity contribution in [3.8, 4) is 5.75 Å². The van der Waals surface area contributed by atoms with Gasteiger partial charge in [-0.2, -0.15) is 13.2 Å². The molecule has 0 spiro atoms. The number of rotatable bonds is 3. The van der Waals surface area contributed by atoms with Gasteiger partial charge in [0.05, 0.1) is 6.20 Å². The number of carbonyl (C=O) groups is 1. The Bertz CT molecular complexity index is 547. The molecule has 0 aromatic carbocycles. The first-order valence-corrected chi connectivity index (χ1v) is 7.21. The van der Waals surface area contributed by atoms with Crippen LogP contribution in [0.4, 0.5) is 18.0 Å². The van der Waals surface area contributed by atoms with Crippen molar-refractivity contribution in [2.45, 2.75) is 57.5 Å². The topological polar surface area (TPSA) is 60.5 Å². The first kappa shape index (κ1) is 17.4. The molecule has 1 heterocycles. The molecule has 1 amide bonds. The van der Waals surface area contributed by atoms with Crippen molar-refractivity contribution in [3.63, 3.8) is 0 Å². The lowest BCUT2D eigenvalue weighted by molar-refractivity contribution is -0.141. The molecule has 1 fully saturated rings. The van der Waals surface area contributed by atoms with E-state index in [0.717, 1.165) is 12.3 Å². The zero-order valence-corrected chi connectivity index (χ0v) is 13.1. The Morgan fingerprint density at radius 1 is 1.22 bits per heavy atom. The summed E-state index contributed by atoms with van der Waals surface area (Å²) in [5, 5.41) is 2.68. The summed E-state index contributed by atoms with van der Waals surface area (Å²) in [5.41, 5.74) is -1.33. The van der Waals surface area contributed by atoms with Gasteiger partial charge < -0.3 is 14.8 Å². The fraction of sp³-hybridized carbons (Fsp3) is 0.600. The number of nitrogens with one attached hydrogen (secondary N) is 1. The molecule has 128 valence electrons. The van der Waals surface area contributed by atoms with Crippen molar-refractivity contribution in [2.75, 3.05) is 0 Å². The molecule has 2 rings (SSSR count). The third-order valence-electron chi connectivity index (χ3n) is 3.13. The van der Waals surface area contributed by atoms with Crippen molar-refractivity contribution < 1.29 is 27.4 Å². The number of aromatic nitrogens is 1.